The van der Waals surface area contributed by atoms with Crippen LogP contribution in [0.1, 0.15) is 30.5 Å². The van der Waals surface area contributed by atoms with Crippen LogP contribution in [0.15, 0.2) is 30.5 Å². The lowest BCUT2D eigenvalue weighted by Crippen LogP contribution is -2.02. The van der Waals surface area contributed by atoms with Gasteiger partial charge in [0.1, 0.15) is 5.82 Å². The highest BCUT2D eigenvalue weighted by atomic mass is 19.1. The summed E-state index contributed by atoms with van der Waals surface area (Å²) >= 11 is 0. The first-order chi connectivity index (χ1) is 9.65. The van der Waals surface area contributed by atoms with Gasteiger partial charge >= 0.3 is 5.97 Å². The highest BCUT2D eigenvalue weighted by Gasteiger charge is 2.05. The summed E-state index contributed by atoms with van der Waals surface area (Å²) in [6, 6.07) is 6.55. The number of benzene rings is 1. The van der Waals surface area contributed by atoms with Gasteiger partial charge in [0.25, 0.3) is 0 Å². The summed E-state index contributed by atoms with van der Waals surface area (Å²) in [7, 11) is 0. The van der Waals surface area contributed by atoms with E-state index in [0.29, 0.717) is 24.9 Å². The molecule has 106 valence electrons. The van der Waals surface area contributed by atoms with E-state index in [1.807, 2.05) is 0 Å². The molecule has 0 fully saturated rings. The zero-order valence-corrected chi connectivity index (χ0v) is 11.0. The number of carbonyl (C=O) groups is 1. The maximum Gasteiger partial charge on any atom is 0.303 e. The predicted octanol–water partition coefficient (Wildman–Crippen LogP) is 2.26. The second-order valence-corrected chi connectivity index (χ2v) is 4.60. The minimum Gasteiger partial charge on any atom is -0.481 e. The molecular weight excluding hydrogens is 261 g/mol. The van der Waals surface area contributed by atoms with E-state index in [4.69, 9.17) is 5.11 Å². The fourth-order valence-electron chi connectivity index (χ4n) is 1.91. The van der Waals surface area contributed by atoms with Crippen molar-refractivity contribution < 1.29 is 14.3 Å². The zero-order chi connectivity index (χ0) is 14.4. The molecule has 2 aromatic rings. The number of rotatable bonds is 7. The molecule has 2 rings (SSSR count). The number of aromatic nitrogens is 3. The van der Waals surface area contributed by atoms with Crippen LogP contribution < -0.4 is 0 Å². The number of hydrogen-bond donors (Lipinski definition) is 1. The first kappa shape index (κ1) is 14.2. The van der Waals surface area contributed by atoms with Crippen LogP contribution >= 0.6 is 0 Å². The molecule has 0 aliphatic rings. The molecule has 0 aliphatic heterocycles. The molecule has 1 aromatic carbocycles. The van der Waals surface area contributed by atoms with Gasteiger partial charge in [-0.3, -0.25) is 4.79 Å². The Labute approximate surface area is 116 Å². The van der Waals surface area contributed by atoms with Gasteiger partial charge in [-0.1, -0.05) is 23.4 Å². The van der Waals surface area contributed by atoms with E-state index in [0.717, 1.165) is 12.1 Å². The zero-order valence-electron chi connectivity index (χ0n) is 11.0. The van der Waals surface area contributed by atoms with Crippen LogP contribution in [0, 0.1) is 5.82 Å². The summed E-state index contributed by atoms with van der Waals surface area (Å²) in [6.07, 6.45) is 4.00. The van der Waals surface area contributed by atoms with Crippen LogP contribution in [0.25, 0.3) is 0 Å². The Balaban J connectivity index is 1.86. The van der Waals surface area contributed by atoms with Crippen LogP contribution in [0.4, 0.5) is 4.39 Å². The van der Waals surface area contributed by atoms with Crippen molar-refractivity contribution in [2.24, 2.45) is 0 Å². The number of nitrogens with zero attached hydrogens (tertiary/aromatic N) is 3. The topological polar surface area (TPSA) is 68.0 Å². The van der Waals surface area contributed by atoms with E-state index in [1.54, 1.807) is 29.1 Å². The van der Waals surface area contributed by atoms with Gasteiger partial charge in [-0.2, -0.15) is 0 Å². The van der Waals surface area contributed by atoms with E-state index in [-0.39, 0.29) is 12.2 Å². The Hall–Kier alpha value is -2.24. The standard InChI is InChI=1S/C14H16FN3O2/c15-13-7-3-1-5-11(13)9-18-10-12(16-17-18)6-2-4-8-14(19)20/h1,3,5,7,10H,2,4,6,8-9H2,(H,19,20). The third-order valence-electron chi connectivity index (χ3n) is 2.95. The Bertz CT molecular complexity index is 583. The lowest BCUT2D eigenvalue weighted by molar-refractivity contribution is -0.137. The molecule has 0 saturated heterocycles. The molecule has 0 unspecified atom stereocenters. The van der Waals surface area contributed by atoms with Crippen molar-refractivity contribution in [2.45, 2.75) is 32.2 Å². The summed E-state index contributed by atoms with van der Waals surface area (Å²) < 4.78 is 15.1. The molecule has 1 heterocycles. The summed E-state index contributed by atoms with van der Waals surface area (Å²) in [5.41, 5.74) is 1.36. The second-order valence-electron chi connectivity index (χ2n) is 4.60. The number of hydrogen-bond acceptors (Lipinski definition) is 3. The lowest BCUT2D eigenvalue weighted by Gasteiger charge is -2.01. The van der Waals surface area contributed by atoms with Gasteiger partial charge in [-0.25, -0.2) is 9.07 Å². The molecule has 0 bridgehead atoms. The highest BCUT2D eigenvalue weighted by Crippen LogP contribution is 2.09. The molecule has 0 spiro atoms. The molecular formula is C14H16FN3O2. The molecule has 0 saturated carbocycles. The third-order valence-corrected chi connectivity index (χ3v) is 2.95. The largest absolute Gasteiger partial charge is 0.481 e. The summed E-state index contributed by atoms with van der Waals surface area (Å²) in [6.45, 7) is 0.342. The van der Waals surface area contributed by atoms with Crippen LogP contribution in [-0.2, 0) is 17.8 Å². The van der Waals surface area contributed by atoms with Crippen molar-refractivity contribution in [2.75, 3.05) is 0 Å². The molecule has 5 nitrogen and oxygen atoms in total. The van der Waals surface area contributed by atoms with E-state index in [2.05, 4.69) is 10.3 Å². The second kappa shape index (κ2) is 6.79. The Kier molecular flexibility index (Phi) is 4.81. The van der Waals surface area contributed by atoms with E-state index in [9.17, 15) is 9.18 Å². The molecule has 0 radical (unpaired) electrons. The van der Waals surface area contributed by atoms with Crippen molar-refractivity contribution in [3.63, 3.8) is 0 Å². The van der Waals surface area contributed by atoms with Crippen molar-refractivity contribution in [1.29, 1.82) is 0 Å². The number of carboxylic acid groups (broad SMARTS) is 1. The van der Waals surface area contributed by atoms with Gasteiger partial charge in [0.2, 0.25) is 0 Å². The molecule has 6 heteroatoms. The maximum absolute atomic E-state index is 13.5. The van der Waals surface area contributed by atoms with Gasteiger partial charge in [-0.05, 0) is 25.3 Å². The van der Waals surface area contributed by atoms with E-state index < -0.39 is 5.97 Å². The first-order valence-corrected chi connectivity index (χ1v) is 6.49. The van der Waals surface area contributed by atoms with Crippen molar-refractivity contribution in [3.05, 3.63) is 47.5 Å². The normalized spacial score (nSPS) is 10.7. The smallest absolute Gasteiger partial charge is 0.303 e. The predicted molar refractivity (Wildman–Crippen MR) is 70.7 cm³/mol. The quantitative estimate of drug-likeness (QED) is 0.788. The average Bonchev–Trinajstić information content (AvgIpc) is 2.85. The van der Waals surface area contributed by atoms with Crippen molar-refractivity contribution in [3.8, 4) is 0 Å². The van der Waals surface area contributed by atoms with E-state index >= 15 is 0 Å². The minimum absolute atomic E-state index is 0.170. The summed E-state index contributed by atoms with van der Waals surface area (Å²) in [5.74, 6) is -1.04. The Morgan fingerprint density at radius 2 is 2.10 bits per heavy atom. The van der Waals surface area contributed by atoms with E-state index in [1.165, 1.54) is 6.07 Å². The molecule has 1 aromatic heterocycles. The van der Waals surface area contributed by atoms with Crippen molar-refractivity contribution >= 4 is 5.97 Å². The van der Waals surface area contributed by atoms with Crippen LogP contribution in [0.3, 0.4) is 0 Å². The van der Waals surface area contributed by atoms with Gasteiger partial charge in [0.15, 0.2) is 0 Å². The maximum atomic E-state index is 13.5. The number of aliphatic carboxylic acids is 1. The van der Waals surface area contributed by atoms with Crippen LogP contribution in [0.2, 0.25) is 0 Å². The number of carboxylic acids is 1. The van der Waals surface area contributed by atoms with Gasteiger partial charge < -0.3 is 5.11 Å². The monoisotopic (exact) mass is 277 g/mol. The van der Waals surface area contributed by atoms with Crippen LogP contribution in [-0.4, -0.2) is 26.1 Å². The lowest BCUT2D eigenvalue weighted by atomic mass is 10.1. The Morgan fingerprint density at radius 3 is 2.85 bits per heavy atom. The summed E-state index contributed by atoms with van der Waals surface area (Å²) in [5, 5.41) is 16.5. The average molecular weight is 277 g/mol. The number of aryl methyl sites for hydroxylation is 1. The minimum atomic E-state index is -0.784. The molecule has 1 N–H and O–H groups in total. The molecule has 0 amide bonds. The first-order valence-electron chi connectivity index (χ1n) is 6.49. The van der Waals surface area contributed by atoms with Gasteiger partial charge in [0.05, 0.1) is 12.2 Å². The van der Waals surface area contributed by atoms with Crippen molar-refractivity contribution in [1.82, 2.24) is 15.0 Å². The SMILES string of the molecule is O=C(O)CCCCc1cn(Cc2ccccc2F)nn1. The molecule has 0 aliphatic carbocycles. The van der Waals surface area contributed by atoms with Gasteiger partial charge in [0, 0.05) is 18.2 Å². The van der Waals surface area contributed by atoms with Crippen LogP contribution in [0.5, 0.6) is 0 Å². The van der Waals surface area contributed by atoms with Gasteiger partial charge in [-0.15, -0.1) is 5.10 Å². The molecule has 20 heavy (non-hydrogen) atoms. The Morgan fingerprint density at radius 1 is 1.30 bits per heavy atom. The highest BCUT2D eigenvalue weighted by molar-refractivity contribution is 5.66. The third kappa shape index (κ3) is 4.15. The molecule has 0 atom stereocenters. The summed E-state index contributed by atoms with van der Waals surface area (Å²) in [4.78, 5) is 10.4. The number of halogens is 1. The number of unbranched alkanes of at least 4 members (excludes halogenated alkanes) is 1. The fraction of sp³-hybridized carbons (Fsp3) is 0.357. The fourth-order valence-corrected chi connectivity index (χ4v) is 1.91.